The zero-order chi connectivity index (χ0) is 15.2. The maximum atomic E-state index is 11.9. The first-order chi connectivity index (χ1) is 10.1. The number of piperidine rings is 1. The number of nitrogens with one attached hydrogen (secondary N) is 1. The number of aromatic nitrogens is 2. The number of imidazole rings is 1. The molecule has 1 amide bonds. The van der Waals surface area contributed by atoms with Crippen molar-refractivity contribution in [3.63, 3.8) is 0 Å². The number of halogens is 1. The van der Waals surface area contributed by atoms with E-state index in [0.29, 0.717) is 12.6 Å². The van der Waals surface area contributed by atoms with E-state index in [-0.39, 0.29) is 18.3 Å². The van der Waals surface area contributed by atoms with Gasteiger partial charge in [0, 0.05) is 26.1 Å². The van der Waals surface area contributed by atoms with E-state index in [0.717, 1.165) is 25.3 Å². The first kappa shape index (κ1) is 19.0. The molecule has 1 aliphatic heterocycles. The molecular formula is C16H29ClN4O. The van der Waals surface area contributed by atoms with Gasteiger partial charge < -0.3 is 22.6 Å². The Labute approximate surface area is 140 Å². The van der Waals surface area contributed by atoms with Crippen molar-refractivity contribution in [2.75, 3.05) is 19.6 Å². The van der Waals surface area contributed by atoms with Crippen LogP contribution in [0.4, 0.5) is 0 Å². The fourth-order valence-corrected chi connectivity index (χ4v) is 2.98. The Kier molecular flexibility index (Phi) is 7.90. The van der Waals surface area contributed by atoms with E-state index in [1.807, 2.05) is 35.5 Å². The maximum Gasteiger partial charge on any atom is 0.262 e. The average Bonchev–Trinajstić information content (AvgIpc) is 2.77. The summed E-state index contributed by atoms with van der Waals surface area (Å²) in [5, 5.41) is 3.03. The molecule has 1 fully saturated rings. The second kappa shape index (κ2) is 9.16. The van der Waals surface area contributed by atoms with Crippen molar-refractivity contribution in [2.24, 2.45) is 7.05 Å². The summed E-state index contributed by atoms with van der Waals surface area (Å²) in [7, 11) is 1.99. The van der Waals surface area contributed by atoms with Gasteiger partial charge in [-0.15, -0.1) is 0 Å². The highest BCUT2D eigenvalue weighted by Crippen LogP contribution is 2.15. The van der Waals surface area contributed by atoms with Crippen LogP contribution in [0.3, 0.4) is 0 Å². The zero-order valence-corrected chi connectivity index (χ0v) is 14.8. The molecule has 1 aliphatic rings. The van der Waals surface area contributed by atoms with Crippen molar-refractivity contribution in [1.29, 1.82) is 0 Å². The topological polar surface area (TPSA) is 41.2 Å². The SMILES string of the molecule is Cc1n(CC(=O)NCCCN2CCCCC2C)cc[n+]1C.[Cl-]. The summed E-state index contributed by atoms with van der Waals surface area (Å²) < 4.78 is 3.99. The number of carbonyl (C=O) groups is 1. The molecule has 1 N–H and O–H groups in total. The standard InChI is InChI=1S/C16H28N4O.ClH/c1-14-7-4-5-9-19(14)10-6-8-17-16(21)13-20-12-11-18(3)15(20)2;/h11-12,14H,4-10,13H2,1-3H3;1H. The van der Waals surface area contributed by atoms with Crippen LogP contribution in [0.5, 0.6) is 0 Å². The highest BCUT2D eigenvalue weighted by atomic mass is 35.5. The van der Waals surface area contributed by atoms with Gasteiger partial charge in [-0.05, 0) is 32.7 Å². The van der Waals surface area contributed by atoms with E-state index in [4.69, 9.17) is 0 Å². The molecule has 5 nitrogen and oxygen atoms in total. The Hall–Kier alpha value is -1.07. The molecular weight excluding hydrogens is 300 g/mol. The molecule has 2 rings (SSSR count). The number of likely N-dealkylation sites (tertiary alicyclic amines) is 1. The fraction of sp³-hybridized carbons (Fsp3) is 0.750. The van der Waals surface area contributed by atoms with E-state index >= 15 is 0 Å². The van der Waals surface area contributed by atoms with Crippen molar-refractivity contribution in [3.05, 3.63) is 18.2 Å². The van der Waals surface area contributed by atoms with Crippen LogP contribution in [-0.2, 0) is 18.4 Å². The van der Waals surface area contributed by atoms with Crippen LogP contribution < -0.4 is 22.3 Å². The van der Waals surface area contributed by atoms with Gasteiger partial charge in [0.2, 0.25) is 0 Å². The molecule has 1 aromatic heterocycles. The largest absolute Gasteiger partial charge is 1.00 e. The van der Waals surface area contributed by atoms with Crippen molar-refractivity contribution in [3.8, 4) is 0 Å². The summed E-state index contributed by atoms with van der Waals surface area (Å²) in [6, 6.07) is 0.706. The second-order valence-corrected chi connectivity index (χ2v) is 6.17. The fourth-order valence-electron chi connectivity index (χ4n) is 2.98. The molecule has 1 unspecified atom stereocenters. The minimum atomic E-state index is 0. The number of hydrogen-bond acceptors (Lipinski definition) is 2. The first-order valence-corrected chi connectivity index (χ1v) is 8.10. The van der Waals surface area contributed by atoms with E-state index < -0.39 is 0 Å². The third kappa shape index (κ3) is 5.29. The molecule has 0 bridgehead atoms. The summed E-state index contributed by atoms with van der Waals surface area (Å²) in [5.74, 6) is 1.19. The van der Waals surface area contributed by atoms with Gasteiger partial charge in [0.05, 0.1) is 7.05 Å². The molecule has 1 atom stereocenters. The van der Waals surface area contributed by atoms with Crippen LogP contribution >= 0.6 is 0 Å². The number of hydrogen-bond donors (Lipinski definition) is 1. The first-order valence-electron chi connectivity index (χ1n) is 8.10. The van der Waals surface area contributed by atoms with Crippen LogP contribution in [0.2, 0.25) is 0 Å². The summed E-state index contributed by atoms with van der Waals surface area (Å²) in [4.78, 5) is 14.5. The average molecular weight is 329 g/mol. The molecule has 126 valence electrons. The van der Waals surface area contributed by atoms with Gasteiger partial charge >= 0.3 is 0 Å². The van der Waals surface area contributed by atoms with E-state index in [9.17, 15) is 4.79 Å². The molecule has 0 saturated carbocycles. The molecule has 22 heavy (non-hydrogen) atoms. The van der Waals surface area contributed by atoms with Crippen molar-refractivity contribution in [2.45, 2.75) is 52.1 Å². The summed E-state index contributed by atoms with van der Waals surface area (Å²) >= 11 is 0. The van der Waals surface area contributed by atoms with Gasteiger partial charge in [0.15, 0.2) is 6.54 Å². The van der Waals surface area contributed by atoms with Gasteiger partial charge in [-0.25, -0.2) is 9.13 Å². The van der Waals surface area contributed by atoms with Gasteiger partial charge in [0.25, 0.3) is 11.7 Å². The molecule has 0 radical (unpaired) electrons. The summed E-state index contributed by atoms with van der Waals surface area (Å²) in [5.41, 5.74) is 0. The van der Waals surface area contributed by atoms with Crippen LogP contribution in [0, 0.1) is 6.92 Å². The normalized spacial score (nSPS) is 18.8. The second-order valence-electron chi connectivity index (χ2n) is 6.17. The van der Waals surface area contributed by atoms with Crippen molar-refractivity contribution < 1.29 is 21.8 Å². The van der Waals surface area contributed by atoms with Gasteiger partial charge in [-0.1, -0.05) is 6.42 Å². The third-order valence-electron chi connectivity index (χ3n) is 4.60. The number of carbonyl (C=O) groups excluding carboxylic acids is 1. The molecule has 0 spiro atoms. The summed E-state index contributed by atoms with van der Waals surface area (Å²) in [6.45, 7) is 7.83. The van der Waals surface area contributed by atoms with Crippen LogP contribution in [0.15, 0.2) is 12.4 Å². The molecule has 0 aliphatic carbocycles. The number of rotatable bonds is 6. The molecule has 1 aromatic rings. The number of amides is 1. The van der Waals surface area contributed by atoms with Crippen LogP contribution in [0.1, 0.15) is 38.4 Å². The van der Waals surface area contributed by atoms with Gasteiger partial charge in [0.1, 0.15) is 12.4 Å². The lowest BCUT2D eigenvalue weighted by atomic mass is 10.0. The van der Waals surface area contributed by atoms with Crippen molar-refractivity contribution >= 4 is 5.91 Å². The Morgan fingerprint density at radius 3 is 2.86 bits per heavy atom. The van der Waals surface area contributed by atoms with Crippen LogP contribution in [-0.4, -0.2) is 41.1 Å². The Bertz CT molecular complexity index is 475. The molecule has 1 saturated heterocycles. The van der Waals surface area contributed by atoms with Gasteiger partial charge in [-0.2, -0.15) is 0 Å². The Morgan fingerprint density at radius 1 is 1.45 bits per heavy atom. The van der Waals surface area contributed by atoms with E-state index in [1.54, 1.807) is 0 Å². The minimum Gasteiger partial charge on any atom is -1.00 e. The third-order valence-corrected chi connectivity index (χ3v) is 4.60. The predicted octanol–water partition coefficient (Wildman–Crippen LogP) is -1.99. The smallest absolute Gasteiger partial charge is 0.262 e. The number of aryl methyl sites for hydroxylation is 1. The molecule has 6 heteroatoms. The lowest BCUT2D eigenvalue weighted by Crippen LogP contribution is -3.00. The molecule has 0 aromatic carbocycles. The minimum absolute atomic E-state index is 0. The lowest BCUT2D eigenvalue weighted by molar-refractivity contribution is -0.677. The number of nitrogens with zero attached hydrogens (tertiary/aromatic N) is 3. The van der Waals surface area contributed by atoms with Gasteiger partial charge in [-0.3, -0.25) is 4.79 Å². The highest BCUT2D eigenvalue weighted by molar-refractivity contribution is 5.75. The zero-order valence-electron chi connectivity index (χ0n) is 14.0. The quantitative estimate of drug-likeness (QED) is 0.485. The van der Waals surface area contributed by atoms with Crippen molar-refractivity contribution in [1.82, 2.24) is 14.8 Å². The Balaban J connectivity index is 0.00000242. The summed E-state index contributed by atoms with van der Waals surface area (Å²) in [6.07, 6.45) is 8.96. The predicted molar refractivity (Wildman–Crippen MR) is 82.9 cm³/mol. The highest BCUT2D eigenvalue weighted by Gasteiger charge is 2.17. The monoisotopic (exact) mass is 328 g/mol. The molecule has 2 heterocycles. The van der Waals surface area contributed by atoms with Crippen LogP contribution in [0.25, 0.3) is 0 Å². The Morgan fingerprint density at radius 2 is 2.23 bits per heavy atom. The van der Waals surface area contributed by atoms with E-state index in [2.05, 4.69) is 17.1 Å². The maximum absolute atomic E-state index is 11.9. The van der Waals surface area contributed by atoms with E-state index in [1.165, 1.54) is 25.8 Å². The lowest BCUT2D eigenvalue weighted by Gasteiger charge is -2.33.